The molecule has 0 aliphatic heterocycles. The van der Waals surface area contributed by atoms with Crippen molar-refractivity contribution in [3.8, 4) is 12.1 Å². The topological polar surface area (TPSA) is 47.6 Å². The lowest BCUT2D eigenvalue weighted by molar-refractivity contribution is 0.458. The molecule has 0 aromatic rings. The zero-order valence-electron chi connectivity index (χ0n) is 14.4. The summed E-state index contributed by atoms with van der Waals surface area (Å²) in [6.45, 7) is 10.8. The first-order valence-electron chi connectivity index (χ1n) is 8.45. The van der Waals surface area contributed by atoms with Gasteiger partial charge in [0.05, 0.1) is 23.0 Å². The molecule has 7 unspecified atom stereocenters. The molecule has 116 valence electrons. The monoisotopic (exact) mass is 294 g/mol. The lowest BCUT2D eigenvalue weighted by atomic mass is 9.81. The molecule has 2 nitrogen and oxygen atoms in total. The molecule has 0 bridgehead atoms. The van der Waals surface area contributed by atoms with Crippen molar-refractivity contribution in [3.05, 3.63) is 23.3 Å². The maximum Gasteiger partial charge on any atom is 0.0693 e. The van der Waals surface area contributed by atoms with Crippen LogP contribution in [0.5, 0.6) is 0 Å². The molecule has 2 heteroatoms. The van der Waals surface area contributed by atoms with Gasteiger partial charge >= 0.3 is 0 Å². The average molecular weight is 294 g/mol. The normalized spacial score (nSPS) is 46.4. The van der Waals surface area contributed by atoms with Gasteiger partial charge in [-0.15, -0.1) is 0 Å². The van der Waals surface area contributed by atoms with Gasteiger partial charge in [-0.05, 0) is 70.1 Å². The molecular formula is C20H26N2. The number of allylic oxidation sites excluding steroid dienone is 4. The van der Waals surface area contributed by atoms with Crippen LogP contribution in [0.15, 0.2) is 23.3 Å². The molecule has 0 aromatic heterocycles. The van der Waals surface area contributed by atoms with E-state index in [0.717, 1.165) is 12.8 Å². The van der Waals surface area contributed by atoms with Gasteiger partial charge in [-0.3, -0.25) is 0 Å². The van der Waals surface area contributed by atoms with E-state index in [1.165, 1.54) is 11.1 Å². The minimum absolute atomic E-state index is 0.120. The van der Waals surface area contributed by atoms with Gasteiger partial charge in [0.2, 0.25) is 0 Å². The molecule has 2 fully saturated rings. The Morgan fingerprint density at radius 3 is 2.50 bits per heavy atom. The predicted molar refractivity (Wildman–Crippen MR) is 87.3 cm³/mol. The van der Waals surface area contributed by atoms with Crippen molar-refractivity contribution in [1.82, 2.24) is 0 Å². The summed E-state index contributed by atoms with van der Waals surface area (Å²) in [5.41, 5.74) is 2.54. The Bertz CT molecular complexity index is 640. The van der Waals surface area contributed by atoms with Gasteiger partial charge in [0.1, 0.15) is 0 Å². The molecular weight excluding hydrogens is 268 g/mol. The second-order valence-corrected chi connectivity index (χ2v) is 8.42. The standard InChI is InChI=1S/C20H26N2/c1-12(2)6-15-7-14(8-16-18(15)20(16,5)11-22)13(3)17-9-19(17,4)10-21/h6-7,13,15-18H,8-9H2,1-5H3. The van der Waals surface area contributed by atoms with E-state index in [-0.39, 0.29) is 10.8 Å². The third-order valence-electron chi connectivity index (χ3n) is 6.58. The van der Waals surface area contributed by atoms with Crippen LogP contribution in [0.2, 0.25) is 0 Å². The van der Waals surface area contributed by atoms with Crippen molar-refractivity contribution in [3.63, 3.8) is 0 Å². The molecule has 3 aliphatic rings. The number of fused-ring (bicyclic) bond motifs is 1. The van der Waals surface area contributed by atoms with Crippen LogP contribution < -0.4 is 0 Å². The van der Waals surface area contributed by atoms with Gasteiger partial charge in [0.15, 0.2) is 0 Å². The third-order valence-corrected chi connectivity index (χ3v) is 6.58. The SMILES string of the molecule is CC(C)=CC1C=C(C(C)C2CC2(C)C#N)CC2C1C2(C)C#N. The molecule has 0 amide bonds. The highest BCUT2D eigenvalue weighted by Crippen LogP contribution is 2.68. The fourth-order valence-electron chi connectivity index (χ4n) is 4.86. The lowest BCUT2D eigenvalue weighted by Crippen LogP contribution is -2.14. The second-order valence-electron chi connectivity index (χ2n) is 8.42. The molecule has 3 rings (SSSR count). The van der Waals surface area contributed by atoms with Gasteiger partial charge in [0, 0.05) is 0 Å². The minimum Gasteiger partial charge on any atom is -0.198 e. The first-order chi connectivity index (χ1) is 10.3. The van der Waals surface area contributed by atoms with Crippen LogP contribution in [0.25, 0.3) is 0 Å². The van der Waals surface area contributed by atoms with Gasteiger partial charge in [-0.2, -0.15) is 10.5 Å². The van der Waals surface area contributed by atoms with Crippen LogP contribution in [-0.4, -0.2) is 0 Å². The van der Waals surface area contributed by atoms with E-state index in [4.69, 9.17) is 0 Å². The first kappa shape index (κ1) is 15.4. The summed E-state index contributed by atoms with van der Waals surface area (Å²) in [7, 11) is 0. The van der Waals surface area contributed by atoms with E-state index >= 15 is 0 Å². The lowest BCUT2D eigenvalue weighted by Gasteiger charge is -2.23. The molecule has 3 aliphatic carbocycles. The Kier molecular flexibility index (Phi) is 3.30. The zero-order chi connectivity index (χ0) is 16.3. The predicted octanol–water partition coefficient (Wildman–Crippen LogP) is 4.86. The number of rotatable bonds is 3. The summed E-state index contributed by atoms with van der Waals surface area (Å²) in [6.07, 6.45) is 6.85. The highest BCUT2D eigenvalue weighted by Gasteiger charge is 2.66. The fourth-order valence-corrected chi connectivity index (χ4v) is 4.86. The fraction of sp³-hybridized carbons (Fsp3) is 0.700. The van der Waals surface area contributed by atoms with Crippen LogP contribution >= 0.6 is 0 Å². The minimum atomic E-state index is -0.156. The molecule has 0 spiro atoms. The van der Waals surface area contributed by atoms with Crippen LogP contribution in [0.4, 0.5) is 0 Å². The summed E-state index contributed by atoms with van der Waals surface area (Å²) in [5.74, 6) is 2.37. The van der Waals surface area contributed by atoms with Crippen LogP contribution in [0.1, 0.15) is 47.5 Å². The van der Waals surface area contributed by atoms with Gasteiger partial charge in [0.25, 0.3) is 0 Å². The van der Waals surface area contributed by atoms with E-state index in [9.17, 15) is 10.5 Å². The van der Waals surface area contributed by atoms with Gasteiger partial charge in [-0.1, -0.05) is 30.2 Å². The average Bonchev–Trinajstić information content (AvgIpc) is 3.33. The summed E-state index contributed by atoms with van der Waals surface area (Å²) >= 11 is 0. The number of nitrogens with zero attached hydrogens (tertiary/aromatic N) is 2. The van der Waals surface area contributed by atoms with Crippen molar-refractivity contribution in [2.24, 2.45) is 40.4 Å². The van der Waals surface area contributed by atoms with Gasteiger partial charge < -0.3 is 0 Å². The Labute approximate surface area is 134 Å². The van der Waals surface area contributed by atoms with E-state index in [2.05, 4.69) is 58.9 Å². The highest BCUT2D eigenvalue weighted by molar-refractivity contribution is 5.35. The maximum atomic E-state index is 9.58. The molecule has 0 radical (unpaired) electrons. The molecule has 2 saturated carbocycles. The van der Waals surface area contributed by atoms with E-state index in [1.807, 2.05) is 0 Å². The number of hydrogen-bond donors (Lipinski definition) is 0. The second kappa shape index (κ2) is 4.73. The van der Waals surface area contributed by atoms with Crippen molar-refractivity contribution in [2.45, 2.75) is 47.5 Å². The summed E-state index contributed by atoms with van der Waals surface area (Å²) in [5, 5.41) is 18.9. The summed E-state index contributed by atoms with van der Waals surface area (Å²) in [4.78, 5) is 0. The number of nitriles is 2. The maximum absolute atomic E-state index is 9.58. The van der Waals surface area contributed by atoms with Crippen molar-refractivity contribution in [2.75, 3.05) is 0 Å². The number of hydrogen-bond acceptors (Lipinski definition) is 2. The van der Waals surface area contributed by atoms with Crippen LogP contribution in [-0.2, 0) is 0 Å². The summed E-state index contributed by atoms with van der Waals surface area (Å²) < 4.78 is 0. The molecule has 22 heavy (non-hydrogen) atoms. The molecule has 0 saturated heterocycles. The smallest absolute Gasteiger partial charge is 0.0693 e. The largest absolute Gasteiger partial charge is 0.198 e. The van der Waals surface area contributed by atoms with Crippen LogP contribution in [0.3, 0.4) is 0 Å². The summed E-state index contributed by atoms with van der Waals surface area (Å²) in [6, 6.07) is 5.06. The Morgan fingerprint density at radius 2 is 2.00 bits per heavy atom. The van der Waals surface area contributed by atoms with Crippen molar-refractivity contribution in [1.29, 1.82) is 10.5 Å². The van der Waals surface area contributed by atoms with Gasteiger partial charge in [-0.25, -0.2) is 0 Å². The highest BCUT2D eigenvalue weighted by atomic mass is 14.7. The Hall–Kier alpha value is -1.54. The molecule has 0 heterocycles. The van der Waals surface area contributed by atoms with Crippen LogP contribution in [0, 0.1) is 63.1 Å². The zero-order valence-corrected chi connectivity index (χ0v) is 14.4. The molecule has 7 atom stereocenters. The molecule has 0 N–H and O–H groups in total. The van der Waals surface area contributed by atoms with Crippen molar-refractivity contribution >= 4 is 0 Å². The molecule has 0 aromatic carbocycles. The Balaban J connectivity index is 1.85. The van der Waals surface area contributed by atoms with Crippen molar-refractivity contribution < 1.29 is 0 Å². The Morgan fingerprint density at radius 1 is 1.32 bits per heavy atom. The van der Waals surface area contributed by atoms with E-state index in [0.29, 0.717) is 29.6 Å². The third kappa shape index (κ3) is 2.13. The first-order valence-corrected chi connectivity index (χ1v) is 8.45. The van der Waals surface area contributed by atoms with E-state index < -0.39 is 0 Å². The van der Waals surface area contributed by atoms with E-state index in [1.54, 1.807) is 0 Å². The quantitative estimate of drug-likeness (QED) is 0.698.